The van der Waals surface area contributed by atoms with Crippen LogP contribution < -0.4 is 0 Å². The van der Waals surface area contributed by atoms with Crippen LogP contribution in [0.2, 0.25) is 0 Å². The molecule has 11 heteroatoms. The number of ether oxygens (including phenoxy) is 4. The standard InChI is InChI=1S/C20H27F7O4/c1-2-3-4-5-10-28-16-11-29-17(30-12-16)14-6-8-15(9-7-14)31-20(26,27)19(24,25)18(22,23)13-21/h6-8,15-17H,2-5,9-13H2,1H3. The first-order valence-corrected chi connectivity index (χ1v) is 10.1. The van der Waals surface area contributed by atoms with Crippen LogP contribution in [0, 0.1) is 0 Å². The number of hydrogen-bond donors (Lipinski definition) is 0. The van der Waals surface area contributed by atoms with Crippen molar-refractivity contribution in [2.45, 2.75) is 75.5 Å². The SMILES string of the molecule is CCCCCCOC1COC(C2=CCC(OC(F)(F)C(F)(F)C(F)(F)CF)C=C2)OC1. The van der Waals surface area contributed by atoms with E-state index in [1.54, 1.807) is 0 Å². The van der Waals surface area contributed by atoms with E-state index in [2.05, 4.69) is 11.7 Å². The van der Waals surface area contributed by atoms with E-state index in [9.17, 15) is 30.7 Å². The van der Waals surface area contributed by atoms with Crippen molar-refractivity contribution in [2.75, 3.05) is 26.5 Å². The first-order valence-electron chi connectivity index (χ1n) is 10.1. The molecule has 2 aliphatic rings. The number of hydrogen-bond acceptors (Lipinski definition) is 4. The molecule has 1 fully saturated rings. The zero-order valence-corrected chi connectivity index (χ0v) is 17.1. The van der Waals surface area contributed by atoms with E-state index < -0.39 is 37.0 Å². The summed E-state index contributed by atoms with van der Waals surface area (Å²) >= 11 is 0. The van der Waals surface area contributed by atoms with Crippen molar-refractivity contribution >= 4 is 0 Å². The van der Waals surface area contributed by atoms with Crippen molar-refractivity contribution < 1.29 is 49.7 Å². The quantitative estimate of drug-likeness (QED) is 0.285. The van der Waals surface area contributed by atoms with Crippen LogP contribution in [0.25, 0.3) is 0 Å². The van der Waals surface area contributed by atoms with E-state index in [0.717, 1.165) is 31.8 Å². The molecule has 180 valence electrons. The molecule has 1 atom stereocenters. The van der Waals surface area contributed by atoms with E-state index in [1.807, 2.05) is 0 Å². The Morgan fingerprint density at radius 3 is 2.26 bits per heavy atom. The van der Waals surface area contributed by atoms with E-state index in [0.29, 0.717) is 12.2 Å². The molecule has 1 aliphatic carbocycles. The van der Waals surface area contributed by atoms with Crippen molar-refractivity contribution in [1.82, 2.24) is 0 Å². The van der Waals surface area contributed by atoms with E-state index in [-0.39, 0.29) is 25.7 Å². The van der Waals surface area contributed by atoms with Crippen LogP contribution in [0.4, 0.5) is 30.7 Å². The van der Waals surface area contributed by atoms with Crippen molar-refractivity contribution in [3.63, 3.8) is 0 Å². The average molecular weight is 464 g/mol. The minimum Gasteiger partial charge on any atom is -0.373 e. The Balaban J connectivity index is 1.79. The minimum atomic E-state index is -6.01. The Hall–Kier alpha value is -1.17. The minimum absolute atomic E-state index is 0.236. The third-order valence-electron chi connectivity index (χ3n) is 4.87. The molecule has 0 bridgehead atoms. The molecule has 1 heterocycles. The molecular formula is C20H27F7O4. The molecule has 1 saturated heterocycles. The lowest BCUT2D eigenvalue weighted by Crippen LogP contribution is -2.57. The second kappa shape index (κ2) is 11.1. The highest BCUT2D eigenvalue weighted by Gasteiger charge is 2.73. The largest absolute Gasteiger partial charge is 0.426 e. The molecule has 0 spiro atoms. The lowest BCUT2D eigenvalue weighted by atomic mass is 10.0. The molecule has 0 amide bonds. The lowest BCUT2D eigenvalue weighted by Gasteiger charge is -2.34. The summed E-state index contributed by atoms with van der Waals surface area (Å²) in [5.41, 5.74) is 0.449. The first-order chi connectivity index (χ1) is 14.5. The van der Waals surface area contributed by atoms with Gasteiger partial charge in [-0.25, -0.2) is 4.39 Å². The summed E-state index contributed by atoms with van der Waals surface area (Å²) in [7, 11) is 0. The zero-order valence-electron chi connectivity index (χ0n) is 17.1. The monoisotopic (exact) mass is 464 g/mol. The second-order valence-corrected chi connectivity index (χ2v) is 7.44. The lowest BCUT2D eigenvalue weighted by molar-refractivity contribution is -0.405. The first kappa shape index (κ1) is 26.1. The summed E-state index contributed by atoms with van der Waals surface area (Å²) in [4.78, 5) is 0. The fourth-order valence-corrected chi connectivity index (χ4v) is 2.99. The van der Waals surface area contributed by atoms with E-state index in [4.69, 9.17) is 14.2 Å². The molecule has 4 nitrogen and oxygen atoms in total. The van der Waals surface area contributed by atoms with Gasteiger partial charge in [-0.2, -0.15) is 26.3 Å². The van der Waals surface area contributed by atoms with Crippen molar-refractivity contribution in [3.05, 3.63) is 23.8 Å². The summed E-state index contributed by atoms with van der Waals surface area (Å²) < 4.78 is 112. The number of rotatable bonds is 12. The van der Waals surface area contributed by atoms with Crippen LogP contribution in [0.3, 0.4) is 0 Å². The molecule has 1 unspecified atom stereocenters. The maximum atomic E-state index is 13.6. The molecule has 2 rings (SSSR count). The molecule has 0 aromatic heterocycles. The van der Waals surface area contributed by atoms with Crippen LogP contribution in [0.5, 0.6) is 0 Å². The fourth-order valence-electron chi connectivity index (χ4n) is 2.99. The van der Waals surface area contributed by atoms with E-state index in [1.165, 1.54) is 12.2 Å². The second-order valence-electron chi connectivity index (χ2n) is 7.44. The predicted molar refractivity (Wildman–Crippen MR) is 97.1 cm³/mol. The van der Waals surface area contributed by atoms with Crippen LogP contribution in [0.15, 0.2) is 23.8 Å². The molecule has 31 heavy (non-hydrogen) atoms. The molecular weight excluding hydrogens is 437 g/mol. The molecule has 0 saturated carbocycles. The van der Waals surface area contributed by atoms with Gasteiger partial charge in [-0.05, 0) is 12.8 Å². The van der Waals surface area contributed by atoms with Crippen molar-refractivity contribution in [2.24, 2.45) is 0 Å². The number of unbranched alkanes of at least 4 members (excludes halogenated alkanes) is 3. The average Bonchev–Trinajstić information content (AvgIpc) is 2.74. The number of alkyl halides is 7. The summed E-state index contributed by atoms with van der Waals surface area (Å²) in [5.74, 6) is -11.6. The van der Waals surface area contributed by atoms with Crippen LogP contribution >= 0.6 is 0 Å². The highest BCUT2D eigenvalue weighted by Crippen LogP contribution is 2.47. The maximum Gasteiger partial charge on any atom is 0.426 e. The topological polar surface area (TPSA) is 36.9 Å². The summed E-state index contributed by atoms with van der Waals surface area (Å²) in [5, 5.41) is 0. The van der Waals surface area contributed by atoms with Gasteiger partial charge >= 0.3 is 18.0 Å². The van der Waals surface area contributed by atoms with Gasteiger partial charge in [-0.15, -0.1) is 0 Å². The Labute approximate surface area is 176 Å². The van der Waals surface area contributed by atoms with Gasteiger partial charge in [0.2, 0.25) is 0 Å². The van der Waals surface area contributed by atoms with Gasteiger partial charge in [0.1, 0.15) is 6.10 Å². The molecule has 0 aromatic rings. The van der Waals surface area contributed by atoms with Gasteiger partial charge in [-0.3, -0.25) is 0 Å². The Bertz CT molecular complexity index is 617. The Kier molecular flexibility index (Phi) is 9.35. The Morgan fingerprint density at radius 2 is 1.71 bits per heavy atom. The molecule has 0 aromatic carbocycles. The molecule has 0 radical (unpaired) electrons. The van der Waals surface area contributed by atoms with Gasteiger partial charge in [0, 0.05) is 12.2 Å². The normalized spacial score (nSPS) is 25.5. The summed E-state index contributed by atoms with van der Waals surface area (Å²) in [6.45, 7) is 0.268. The van der Waals surface area contributed by atoms with Crippen molar-refractivity contribution in [1.29, 1.82) is 0 Å². The highest BCUT2D eigenvalue weighted by molar-refractivity contribution is 5.27. The highest BCUT2D eigenvalue weighted by atomic mass is 19.4. The fraction of sp³-hybridized carbons (Fsp3) is 0.800. The van der Waals surface area contributed by atoms with Crippen LogP contribution in [0.1, 0.15) is 39.0 Å². The summed E-state index contributed by atoms with van der Waals surface area (Å²) in [6.07, 6.45) is -0.605. The van der Waals surface area contributed by atoms with Crippen molar-refractivity contribution in [3.8, 4) is 0 Å². The van der Waals surface area contributed by atoms with Gasteiger partial charge in [0.25, 0.3) is 0 Å². The number of halogens is 7. The Morgan fingerprint density at radius 1 is 1.03 bits per heavy atom. The van der Waals surface area contributed by atoms with Crippen LogP contribution in [-0.4, -0.2) is 62.9 Å². The zero-order chi connectivity index (χ0) is 23.1. The predicted octanol–water partition coefficient (Wildman–Crippen LogP) is 5.43. The summed E-state index contributed by atoms with van der Waals surface area (Å²) in [6, 6.07) is 0. The van der Waals surface area contributed by atoms with Gasteiger partial charge in [-0.1, -0.05) is 44.4 Å². The van der Waals surface area contributed by atoms with Crippen LogP contribution in [-0.2, 0) is 18.9 Å². The molecule has 0 N–H and O–H groups in total. The van der Waals surface area contributed by atoms with Gasteiger partial charge in [0.15, 0.2) is 13.0 Å². The smallest absolute Gasteiger partial charge is 0.373 e. The van der Waals surface area contributed by atoms with E-state index >= 15 is 0 Å². The maximum absolute atomic E-state index is 13.6. The molecule has 1 aliphatic heterocycles. The van der Waals surface area contributed by atoms with Gasteiger partial charge in [0.05, 0.1) is 19.3 Å². The third-order valence-corrected chi connectivity index (χ3v) is 4.87. The third kappa shape index (κ3) is 6.66. The van der Waals surface area contributed by atoms with Gasteiger partial charge < -0.3 is 18.9 Å².